The van der Waals surface area contributed by atoms with Crippen LogP contribution in [0.5, 0.6) is 0 Å². The summed E-state index contributed by atoms with van der Waals surface area (Å²) in [5.41, 5.74) is -0.583. The van der Waals surface area contributed by atoms with Gasteiger partial charge in [0.05, 0.1) is 18.1 Å². The number of alkyl halides is 3. The molecule has 1 heterocycles. The lowest BCUT2D eigenvalue weighted by Crippen LogP contribution is -2.39. The van der Waals surface area contributed by atoms with Crippen LogP contribution in [0.3, 0.4) is 0 Å². The average molecular weight is 343 g/mol. The minimum atomic E-state index is -4.42. The first kappa shape index (κ1) is 18.3. The zero-order valence-corrected chi connectivity index (χ0v) is 13.4. The Kier molecular flexibility index (Phi) is 5.85. The Morgan fingerprint density at radius 1 is 1.21 bits per heavy atom. The highest BCUT2D eigenvalue weighted by Gasteiger charge is 2.33. The quantitative estimate of drug-likeness (QED) is 0.790. The van der Waals surface area contributed by atoms with Crippen molar-refractivity contribution in [2.45, 2.75) is 32.4 Å². The molecule has 7 heteroatoms. The van der Waals surface area contributed by atoms with Crippen molar-refractivity contribution in [3.8, 4) is 0 Å². The molecule has 1 fully saturated rings. The molecule has 0 N–H and O–H groups in total. The van der Waals surface area contributed by atoms with Gasteiger partial charge in [-0.05, 0) is 24.5 Å². The van der Waals surface area contributed by atoms with Crippen molar-refractivity contribution in [2.75, 3.05) is 19.7 Å². The zero-order valence-electron chi connectivity index (χ0n) is 13.4. The molecule has 24 heavy (non-hydrogen) atoms. The number of halogens is 3. The summed E-state index contributed by atoms with van der Waals surface area (Å²) in [6.45, 7) is 2.41. The Labute approximate surface area is 138 Å². The van der Waals surface area contributed by atoms with Crippen molar-refractivity contribution in [3.05, 3.63) is 35.4 Å². The average Bonchev–Trinajstić information content (AvgIpc) is 2.54. The Morgan fingerprint density at radius 3 is 2.42 bits per heavy atom. The summed E-state index contributed by atoms with van der Waals surface area (Å²) in [7, 11) is 0. The number of carbonyl (C=O) groups excluding carboxylic acids is 2. The fraction of sp³-hybridized carbons (Fsp3) is 0.529. The molecule has 1 aromatic rings. The molecule has 4 nitrogen and oxygen atoms in total. The van der Waals surface area contributed by atoms with Gasteiger partial charge in [-0.25, -0.2) is 0 Å². The van der Waals surface area contributed by atoms with Gasteiger partial charge in [0.25, 0.3) is 0 Å². The molecule has 2 rings (SSSR count). The van der Waals surface area contributed by atoms with Crippen LogP contribution in [0, 0.1) is 5.92 Å². The van der Waals surface area contributed by atoms with E-state index in [2.05, 4.69) is 0 Å². The van der Waals surface area contributed by atoms with Gasteiger partial charge in [-0.2, -0.15) is 13.2 Å². The van der Waals surface area contributed by atoms with Crippen molar-refractivity contribution in [1.82, 2.24) is 4.90 Å². The SMILES string of the molecule is CC(=O)N1CCC(C(=O)OCCc2ccccc2C(F)(F)F)CC1. The molecule has 1 aromatic carbocycles. The number of ether oxygens (including phenoxy) is 1. The summed E-state index contributed by atoms with van der Waals surface area (Å²) in [6, 6.07) is 5.28. The normalized spacial score (nSPS) is 16.1. The maximum Gasteiger partial charge on any atom is 0.416 e. The molecule has 0 atom stereocenters. The summed E-state index contributed by atoms with van der Waals surface area (Å²) in [6.07, 6.45) is -3.34. The van der Waals surface area contributed by atoms with E-state index >= 15 is 0 Å². The van der Waals surface area contributed by atoms with Crippen molar-refractivity contribution < 1.29 is 27.5 Å². The molecular weight excluding hydrogens is 323 g/mol. The number of hydrogen-bond acceptors (Lipinski definition) is 3. The van der Waals surface area contributed by atoms with Crippen LogP contribution in [-0.2, 0) is 26.9 Å². The van der Waals surface area contributed by atoms with Gasteiger partial charge in [0.15, 0.2) is 0 Å². The van der Waals surface area contributed by atoms with E-state index in [4.69, 9.17) is 4.74 Å². The van der Waals surface area contributed by atoms with Crippen molar-refractivity contribution >= 4 is 11.9 Å². The van der Waals surface area contributed by atoms with Crippen molar-refractivity contribution in [1.29, 1.82) is 0 Å². The van der Waals surface area contributed by atoms with Crippen molar-refractivity contribution in [3.63, 3.8) is 0 Å². The molecule has 0 aromatic heterocycles. The summed E-state index contributed by atoms with van der Waals surface area (Å²) >= 11 is 0. The third-order valence-electron chi connectivity index (χ3n) is 4.21. The molecule has 0 aliphatic carbocycles. The number of hydrogen-bond donors (Lipinski definition) is 0. The monoisotopic (exact) mass is 343 g/mol. The van der Waals surface area contributed by atoms with Crippen LogP contribution in [0.15, 0.2) is 24.3 Å². The molecule has 1 aliphatic rings. The molecule has 1 saturated heterocycles. The van der Waals surface area contributed by atoms with E-state index in [0.29, 0.717) is 25.9 Å². The highest BCUT2D eigenvalue weighted by Crippen LogP contribution is 2.32. The Morgan fingerprint density at radius 2 is 1.83 bits per heavy atom. The summed E-state index contributed by atoms with van der Waals surface area (Å²) in [5, 5.41) is 0. The minimum Gasteiger partial charge on any atom is -0.465 e. The van der Waals surface area contributed by atoms with Crippen LogP contribution >= 0.6 is 0 Å². The Hall–Kier alpha value is -2.05. The number of piperidine rings is 1. The van der Waals surface area contributed by atoms with E-state index in [1.54, 1.807) is 4.90 Å². The van der Waals surface area contributed by atoms with Gasteiger partial charge in [0.2, 0.25) is 5.91 Å². The molecule has 1 aliphatic heterocycles. The second kappa shape index (κ2) is 7.68. The Bertz CT molecular complexity index is 593. The second-order valence-electron chi connectivity index (χ2n) is 5.85. The van der Waals surface area contributed by atoms with E-state index in [9.17, 15) is 22.8 Å². The maximum absolute atomic E-state index is 12.9. The number of nitrogens with zero attached hydrogens (tertiary/aromatic N) is 1. The van der Waals surface area contributed by atoms with Gasteiger partial charge in [0, 0.05) is 26.4 Å². The molecule has 1 amide bonds. The molecule has 0 unspecified atom stereocenters. The number of esters is 1. The Balaban J connectivity index is 1.83. The molecule has 132 valence electrons. The fourth-order valence-corrected chi connectivity index (χ4v) is 2.82. The summed E-state index contributed by atoms with van der Waals surface area (Å²) in [5.74, 6) is -0.716. The fourth-order valence-electron chi connectivity index (χ4n) is 2.82. The van der Waals surface area contributed by atoms with E-state index in [1.165, 1.54) is 25.1 Å². The zero-order chi connectivity index (χ0) is 17.7. The molecule has 0 radical (unpaired) electrons. The summed E-state index contributed by atoms with van der Waals surface area (Å²) in [4.78, 5) is 24.9. The number of rotatable bonds is 4. The van der Waals surface area contributed by atoms with Crippen LogP contribution in [0.1, 0.15) is 30.9 Å². The smallest absolute Gasteiger partial charge is 0.416 e. The van der Waals surface area contributed by atoms with Crippen LogP contribution in [0.25, 0.3) is 0 Å². The van der Waals surface area contributed by atoms with Crippen LogP contribution in [0.2, 0.25) is 0 Å². The predicted octanol–water partition coefficient (Wildman–Crippen LogP) is 3.05. The third-order valence-corrected chi connectivity index (χ3v) is 4.21. The first-order valence-corrected chi connectivity index (χ1v) is 7.86. The van der Waals surface area contributed by atoms with Gasteiger partial charge in [-0.3, -0.25) is 9.59 Å². The van der Waals surface area contributed by atoms with Crippen LogP contribution in [0.4, 0.5) is 13.2 Å². The van der Waals surface area contributed by atoms with Gasteiger partial charge >= 0.3 is 12.1 Å². The lowest BCUT2D eigenvalue weighted by Gasteiger charge is -2.30. The number of carbonyl (C=O) groups is 2. The van der Waals surface area contributed by atoms with Gasteiger partial charge in [0.1, 0.15) is 0 Å². The van der Waals surface area contributed by atoms with Gasteiger partial charge in [-0.15, -0.1) is 0 Å². The number of amides is 1. The van der Waals surface area contributed by atoms with E-state index < -0.39 is 17.7 Å². The topological polar surface area (TPSA) is 46.6 Å². The lowest BCUT2D eigenvalue weighted by atomic mass is 9.97. The highest BCUT2D eigenvalue weighted by molar-refractivity contribution is 5.75. The van der Waals surface area contributed by atoms with Crippen LogP contribution < -0.4 is 0 Å². The molecular formula is C17H20F3NO3. The maximum atomic E-state index is 12.9. The molecule has 0 spiro atoms. The predicted molar refractivity (Wildman–Crippen MR) is 81.1 cm³/mol. The highest BCUT2D eigenvalue weighted by atomic mass is 19.4. The largest absolute Gasteiger partial charge is 0.465 e. The van der Waals surface area contributed by atoms with E-state index in [-0.39, 0.29) is 30.4 Å². The van der Waals surface area contributed by atoms with E-state index in [1.807, 2.05) is 0 Å². The summed E-state index contributed by atoms with van der Waals surface area (Å²) < 4.78 is 43.8. The molecule has 0 saturated carbocycles. The number of benzene rings is 1. The second-order valence-corrected chi connectivity index (χ2v) is 5.85. The lowest BCUT2D eigenvalue weighted by molar-refractivity contribution is -0.151. The van der Waals surface area contributed by atoms with Gasteiger partial charge < -0.3 is 9.64 Å². The molecule has 0 bridgehead atoms. The van der Waals surface area contributed by atoms with Crippen molar-refractivity contribution in [2.24, 2.45) is 5.92 Å². The third kappa shape index (κ3) is 4.72. The first-order chi connectivity index (χ1) is 11.3. The van der Waals surface area contributed by atoms with Gasteiger partial charge in [-0.1, -0.05) is 18.2 Å². The van der Waals surface area contributed by atoms with Crippen LogP contribution in [-0.4, -0.2) is 36.5 Å². The standard InChI is InChI=1S/C17H20F3NO3/c1-12(22)21-9-6-14(7-10-21)16(23)24-11-8-13-4-2-3-5-15(13)17(18,19)20/h2-5,14H,6-11H2,1H3. The number of likely N-dealkylation sites (tertiary alicyclic amines) is 1. The first-order valence-electron chi connectivity index (χ1n) is 7.86. The van der Waals surface area contributed by atoms with E-state index in [0.717, 1.165) is 6.07 Å². The minimum absolute atomic E-state index is 0.0215.